The van der Waals surface area contributed by atoms with Gasteiger partial charge in [-0.25, -0.2) is 4.79 Å². The van der Waals surface area contributed by atoms with Gasteiger partial charge in [0.05, 0.1) is 15.9 Å². The number of carbonyl (C=O) groups is 2. The Labute approximate surface area is 123 Å². The molecule has 0 aliphatic heterocycles. The molecule has 106 valence electrons. The zero-order chi connectivity index (χ0) is 14.8. The second-order valence-electron chi connectivity index (χ2n) is 4.22. The Balaban J connectivity index is 1.93. The zero-order valence-electron chi connectivity index (χ0n) is 11.0. The SMILES string of the molecule is CNC(=O)Oc1nc2ccc(C(=O)c3cccs3)cc2[nH]1. The summed E-state index contributed by atoms with van der Waals surface area (Å²) in [6, 6.07) is 8.82. The van der Waals surface area contributed by atoms with Crippen LogP contribution in [0.3, 0.4) is 0 Å². The van der Waals surface area contributed by atoms with Crippen molar-refractivity contribution in [3.63, 3.8) is 0 Å². The molecule has 2 N–H and O–H groups in total. The number of benzene rings is 1. The first-order valence-electron chi connectivity index (χ1n) is 6.15. The lowest BCUT2D eigenvalue weighted by atomic mass is 10.1. The fourth-order valence-corrected chi connectivity index (χ4v) is 2.55. The Morgan fingerprint density at radius 1 is 1.33 bits per heavy atom. The number of ether oxygens (including phenoxy) is 1. The van der Waals surface area contributed by atoms with Crippen LogP contribution >= 0.6 is 11.3 Å². The number of nitrogens with one attached hydrogen (secondary N) is 2. The lowest BCUT2D eigenvalue weighted by Gasteiger charge is -1.97. The maximum atomic E-state index is 12.3. The van der Waals surface area contributed by atoms with Crippen molar-refractivity contribution in [1.82, 2.24) is 15.3 Å². The normalized spacial score (nSPS) is 10.5. The van der Waals surface area contributed by atoms with E-state index in [4.69, 9.17) is 4.74 Å². The number of hydrogen-bond acceptors (Lipinski definition) is 5. The van der Waals surface area contributed by atoms with Crippen molar-refractivity contribution < 1.29 is 14.3 Å². The first kappa shape index (κ1) is 13.3. The molecule has 2 heterocycles. The third-order valence-electron chi connectivity index (χ3n) is 2.86. The molecule has 1 aromatic carbocycles. The van der Waals surface area contributed by atoms with Gasteiger partial charge in [-0.1, -0.05) is 6.07 Å². The Morgan fingerprint density at radius 2 is 2.19 bits per heavy atom. The van der Waals surface area contributed by atoms with Gasteiger partial charge in [0.2, 0.25) is 5.78 Å². The van der Waals surface area contributed by atoms with Crippen molar-refractivity contribution in [2.45, 2.75) is 0 Å². The molecule has 21 heavy (non-hydrogen) atoms. The number of thiophene rings is 1. The van der Waals surface area contributed by atoms with Gasteiger partial charge >= 0.3 is 12.1 Å². The van der Waals surface area contributed by atoms with Gasteiger partial charge < -0.3 is 15.0 Å². The topological polar surface area (TPSA) is 84.1 Å². The van der Waals surface area contributed by atoms with Gasteiger partial charge in [-0.15, -0.1) is 11.3 Å². The van der Waals surface area contributed by atoms with E-state index in [-0.39, 0.29) is 11.8 Å². The Kier molecular flexibility index (Phi) is 3.41. The van der Waals surface area contributed by atoms with Gasteiger partial charge in [0.15, 0.2) is 0 Å². The van der Waals surface area contributed by atoms with Gasteiger partial charge in [-0.3, -0.25) is 4.79 Å². The van der Waals surface area contributed by atoms with E-state index in [1.165, 1.54) is 18.4 Å². The molecule has 7 heteroatoms. The number of aromatic amines is 1. The second-order valence-corrected chi connectivity index (χ2v) is 5.17. The number of fused-ring (bicyclic) bond motifs is 1. The highest BCUT2D eigenvalue weighted by molar-refractivity contribution is 7.12. The van der Waals surface area contributed by atoms with Crippen molar-refractivity contribution in [2.24, 2.45) is 0 Å². The zero-order valence-corrected chi connectivity index (χ0v) is 11.9. The van der Waals surface area contributed by atoms with Crippen LogP contribution in [0.15, 0.2) is 35.7 Å². The lowest BCUT2D eigenvalue weighted by molar-refractivity contribution is 0.104. The average Bonchev–Trinajstić information content (AvgIpc) is 3.14. The van der Waals surface area contributed by atoms with Crippen molar-refractivity contribution in [3.05, 3.63) is 46.2 Å². The Hall–Kier alpha value is -2.67. The summed E-state index contributed by atoms with van der Waals surface area (Å²) in [5.41, 5.74) is 1.81. The van der Waals surface area contributed by atoms with E-state index in [0.717, 1.165) is 0 Å². The predicted molar refractivity (Wildman–Crippen MR) is 78.9 cm³/mol. The molecule has 0 unspecified atom stereocenters. The average molecular weight is 301 g/mol. The molecular formula is C14H11N3O3S. The summed E-state index contributed by atoms with van der Waals surface area (Å²) < 4.78 is 4.92. The van der Waals surface area contributed by atoms with Gasteiger partial charge in [-0.2, -0.15) is 4.98 Å². The van der Waals surface area contributed by atoms with Crippen LogP contribution in [0.4, 0.5) is 4.79 Å². The smallest absolute Gasteiger partial charge is 0.375 e. The van der Waals surface area contributed by atoms with Gasteiger partial charge in [0.25, 0.3) is 0 Å². The number of imidazole rings is 1. The summed E-state index contributed by atoms with van der Waals surface area (Å²) >= 11 is 1.39. The van der Waals surface area contributed by atoms with Crippen LogP contribution in [0.2, 0.25) is 0 Å². The standard InChI is InChI=1S/C14H11N3O3S/c1-15-14(19)20-13-16-9-5-4-8(7-10(9)17-13)12(18)11-3-2-6-21-11/h2-7H,1H3,(H,15,19)(H,16,17). The second kappa shape index (κ2) is 5.37. The Morgan fingerprint density at radius 3 is 2.90 bits per heavy atom. The molecule has 0 saturated heterocycles. The molecule has 0 spiro atoms. The maximum absolute atomic E-state index is 12.3. The fraction of sp³-hybridized carbons (Fsp3) is 0.0714. The van der Waals surface area contributed by atoms with Crippen molar-refractivity contribution >= 4 is 34.2 Å². The molecule has 6 nitrogen and oxygen atoms in total. The summed E-state index contributed by atoms with van der Waals surface area (Å²) in [6.07, 6.45) is -0.607. The number of amides is 1. The molecule has 3 aromatic rings. The summed E-state index contributed by atoms with van der Waals surface area (Å²) in [5, 5.41) is 4.19. The van der Waals surface area contributed by atoms with Gasteiger partial charge in [0, 0.05) is 12.6 Å². The third kappa shape index (κ3) is 2.63. The number of aromatic nitrogens is 2. The third-order valence-corrected chi connectivity index (χ3v) is 3.73. The van der Waals surface area contributed by atoms with E-state index in [9.17, 15) is 9.59 Å². The first-order chi connectivity index (χ1) is 10.2. The minimum Gasteiger partial charge on any atom is -0.375 e. The van der Waals surface area contributed by atoms with E-state index in [2.05, 4.69) is 15.3 Å². The highest BCUT2D eigenvalue weighted by atomic mass is 32.1. The van der Waals surface area contributed by atoms with Crippen LogP contribution in [0.25, 0.3) is 11.0 Å². The molecule has 0 atom stereocenters. The Bertz CT molecular complexity index is 808. The minimum atomic E-state index is -0.607. The van der Waals surface area contributed by atoms with Crippen molar-refractivity contribution in [3.8, 4) is 6.01 Å². The van der Waals surface area contributed by atoms with Crippen LogP contribution in [0.5, 0.6) is 6.01 Å². The van der Waals surface area contributed by atoms with Crippen molar-refractivity contribution in [2.75, 3.05) is 7.05 Å². The monoisotopic (exact) mass is 301 g/mol. The number of ketones is 1. The van der Waals surface area contributed by atoms with E-state index in [1.54, 1.807) is 24.3 Å². The fourth-order valence-electron chi connectivity index (χ4n) is 1.86. The molecule has 0 aliphatic carbocycles. The van der Waals surface area contributed by atoms with Crippen LogP contribution in [-0.2, 0) is 0 Å². The molecule has 0 radical (unpaired) electrons. The number of rotatable bonds is 3. The maximum Gasteiger partial charge on any atom is 0.414 e. The van der Waals surface area contributed by atoms with Gasteiger partial charge in [0.1, 0.15) is 0 Å². The molecule has 0 aliphatic rings. The quantitative estimate of drug-likeness (QED) is 0.728. The lowest BCUT2D eigenvalue weighted by Crippen LogP contribution is -2.22. The highest BCUT2D eigenvalue weighted by Gasteiger charge is 2.13. The van der Waals surface area contributed by atoms with Crippen LogP contribution in [0, 0.1) is 0 Å². The van der Waals surface area contributed by atoms with E-state index < -0.39 is 6.09 Å². The molecule has 0 fully saturated rings. The molecule has 0 bridgehead atoms. The van der Waals surface area contributed by atoms with Crippen molar-refractivity contribution in [1.29, 1.82) is 0 Å². The number of nitrogens with zero attached hydrogens (tertiary/aromatic N) is 1. The predicted octanol–water partition coefficient (Wildman–Crippen LogP) is 2.57. The molecule has 1 amide bonds. The van der Waals surface area contributed by atoms with E-state index in [1.807, 2.05) is 11.4 Å². The summed E-state index contributed by atoms with van der Waals surface area (Å²) in [5.74, 6) is -0.0460. The minimum absolute atomic E-state index is 0.0460. The molecule has 3 rings (SSSR count). The number of carbonyl (C=O) groups excluding carboxylic acids is 2. The van der Waals surface area contributed by atoms with E-state index in [0.29, 0.717) is 21.5 Å². The van der Waals surface area contributed by atoms with Crippen LogP contribution < -0.4 is 10.1 Å². The largest absolute Gasteiger partial charge is 0.414 e. The molecule has 2 aromatic heterocycles. The highest BCUT2D eigenvalue weighted by Crippen LogP contribution is 2.21. The van der Waals surface area contributed by atoms with Gasteiger partial charge in [-0.05, 0) is 29.6 Å². The molecular weight excluding hydrogens is 290 g/mol. The number of H-pyrrole nitrogens is 1. The molecule has 0 saturated carbocycles. The first-order valence-corrected chi connectivity index (χ1v) is 7.03. The van der Waals surface area contributed by atoms with Crippen LogP contribution in [0.1, 0.15) is 15.2 Å². The van der Waals surface area contributed by atoms with E-state index >= 15 is 0 Å². The van der Waals surface area contributed by atoms with Crippen LogP contribution in [-0.4, -0.2) is 28.9 Å². The number of hydrogen-bond donors (Lipinski definition) is 2. The summed E-state index contributed by atoms with van der Waals surface area (Å²) in [6.45, 7) is 0. The summed E-state index contributed by atoms with van der Waals surface area (Å²) in [7, 11) is 1.46. The summed E-state index contributed by atoms with van der Waals surface area (Å²) in [4.78, 5) is 31.1.